The number of carbonyl (C=O) groups excluding carboxylic acids is 3. The fourth-order valence-corrected chi connectivity index (χ4v) is 3.13. The van der Waals surface area contributed by atoms with Crippen molar-refractivity contribution in [1.82, 2.24) is 10.2 Å². The van der Waals surface area contributed by atoms with Crippen LogP contribution in [0.25, 0.3) is 6.08 Å². The molecule has 0 unspecified atom stereocenters. The fourth-order valence-electron chi connectivity index (χ4n) is 3.13. The molecule has 0 bridgehead atoms. The molecule has 28 heavy (non-hydrogen) atoms. The predicted molar refractivity (Wildman–Crippen MR) is 107 cm³/mol. The van der Waals surface area contributed by atoms with Crippen LogP contribution in [0.2, 0.25) is 0 Å². The molecule has 2 aliphatic rings. The van der Waals surface area contributed by atoms with Gasteiger partial charge >= 0.3 is 12.0 Å². The summed E-state index contributed by atoms with van der Waals surface area (Å²) in [5.41, 5.74) is 1.54. The Hall–Kier alpha value is -2.83. The minimum atomic E-state index is -0.378. The van der Waals surface area contributed by atoms with E-state index in [-0.39, 0.29) is 29.9 Å². The molecule has 1 aromatic rings. The molecular weight excluding hydrogens is 358 g/mol. The highest BCUT2D eigenvalue weighted by Crippen LogP contribution is 2.29. The molecule has 0 spiro atoms. The van der Waals surface area contributed by atoms with Gasteiger partial charge in [-0.1, -0.05) is 12.1 Å². The number of hydrogen-bond acceptors (Lipinski definition) is 4. The lowest BCUT2D eigenvalue weighted by Crippen LogP contribution is -2.48. The number of ether oxygens (including phenoxy) is 1. The molecule has 2 N–H and O–H groups in total. The monoisotopic (exact) mass is 385 g/mol. The molecular formula is C21H27N3O4. The van der Waals surface area contributed by atoms with E-state index in [9.17, 15) is 14.4 Å². The van der Waals surface area contributed by atoms with Gasteiger partial charge in [0, 0.05) is 36.8 Å². The van der Waals surface area contributed by atoms with Crippen molar-refractivity contribution < 1.29 is 19.1 Å². The highest BCUT2D eigenvalue weighted by Gasteiger charge is 2.32. The molecule has 0 atom stereocenters. The minimum absolute atomic E-state index is 0.137. The molecule has 2 fully saturated rings. The summed E-state index contributed by atoms with van der Waals surface area (Å²) in [6, 6.07) is 7.27. The second kappa shape index (κ2) is 9.39. The van der Waals surface area contributed by atoms with Crippen molar-refractivity contribution in [2.24, 2.45) is 5.92 Å². The molecule has 7 nitrogen and oxygen atoms in total. The summed E-state index contributed by atoms with van der Waals surface area (Å²) in [5, 5.41) is 5.98. The average molecular weight is 385 g/mol. The van der Waals surface area contributed by atoms with Crippen LogP contribution in [0.1, 0.15) is 38.2 Å². The van der Waals surface area contributed by atoms with Crippen molar-refractivity contribution >= 4 is 29.7 Å². The first-order valence-corrected chi connectivity index (χ1v) is 9.86. The molecule has 1 aromatic carbocycles. The van der Waals surface area contributed by atoms with Gasteiger partial charge in [0.05, 0.1) is 6.61 Å². The van der Waals surface area contributed by atoms with Gasteiger partial charge in [-0.2, -0.15) is 0 Å². The van der Waals surface area contributed by atoms with E-state index in [4.69, 9.17) is 4.74 Å². The van der Waals surface area contributed by atoms with Gasteiger partial charge in [0.25, 0.3) is 0 Å². The molecule has 0 radical (unpaired) electrons. The van der Waals surface area contributed by atoms with Gasteiger partial charge in [-0.05, 0) is 56.4 Å². The van der Waals surface area contributed by atoms with Crippen molar-refractivity contribution in [3.8, 4) is 0 Å². The highest BCUT2D eigenvalue weighted by atomic mass is 16.5. The largest absolute Gasteiger partial charge is 0.463 e. The minimum Gasteiger partial charge on any atom is -0.463 e. The molecule has 3 amide bonds. The summed E-state index contributed by atoms with van der Waals surface area (Å²) in [6.45, 7) is 3.36. The van der Waals surface area contributed by atoms with Crippen LogP contribution < -0.4 is 10.6 Å². The third-order valence-corrected chi connectivity index (χ3v) is 4.94. The number of nitrogens with zero attached hydrogens (tertiary/aromatic N) is 1. The molecule has 0 aromatic heterocycles. The number of anilines is 1. The lowest BCUT2D eigenvalue weighted by Gasteiger charge is -2.32. The van der Waals surface area contributed by atoms with E-state index in [0.29, 0.717) is 25.4 Å². The van der Waals surface area contributed by atoms with E-state index >= 15 is 0 Å². The first-order chi connectivity index (χ1) is 13.5. The third-order valence-electron chi connectivity index (χ3n) is 4.94. The summed E-state index contributed by atoms with van der Waals surface area (Å²) < 4.78 is 4.84. The van der Waals surface area contributed by atoms with Gasteiger partial charge in [-0.3, -0.25) is 4.79 Å². The lowest BCUT2D eigenvalue weighted by molar-refractivity contribution is -0.137. The number of likely N-dealkylation sites (tertiary alicyclic amines) is 1. The average Bonchev–Trinajstić information content (AvgIpc) is 3.54. The Morgan fingerprint density at radius 3 is 2.39 bits per heavy atom. The number of rotatable bonds is 6. The number of hydrogen-bond donors (Lipinski definition) is 2. The summed E-state index contributed by atoms with van der Waals surface area (Å²) in [7, 11) is 0. The van der Waals surface area contributed by atoms with E-state index in [1.165, 1.54) is 6.08 Å². The second-order valence-corrected chi connectivity index (χ2v) is 7.18. The van der Waals surface area contributed by atoms with Crippen LogP contribution in [-0.2, 0) is 14.3 Å². The SMILES string of the molecule is CCOC(=O)/C=C/c1ccc(NC(=O)N2CCC(NC(=O)C3CC3)CC2)cc1. The Kier molecular flexibility index (Phi) is 6.68. The smallest absolute Gasteiger partial charge is 0.330 e. The Labute approximate surface area is 165 Å². The maximum absolute atomic E-state index is 12.4. The summed E-state index contributed by atoms with van der Waals surface area (Å²) in [5.74, 6) is 0.00744. The quantitative estimate of drug-likeness (QED) is 0.582. The van der Waals surface area contributed by atoms with Crippen molar-refractivity contribution in [2.75, 3.05) is 25.0 Å². The van der Waals surface area contributed by atoms with Crippen LogP contribution in [-0.4, -0.2) is 48.5 Å². The van der Waals surface area contributed by atoms with Crippen molar-refractivity contribution in [3.05, 3.63) is 35.9 Å². The predicted octanol–water partition coefficient (Wildman–Crippen LogP) is 2.79. The van der Waals surface area contributed by atoms with Gasteiger partial charge in [0.15, 0.2) is 0 Å². The van der Waals surface area contributed by atoms with Crippen LogP contribution in [0.15, 0.2) is 30.3 Å². The van der Waals surface area contributed by atoms with Crippen LogP contribution in [0, 0.1) is 5.92 Å². The number of benzene rings is 1. The Balaban J connectivity index is 1.43. The molecule has 1 aliphatic heterocycles. The van der Waals surface area contributed by atoms with Gasteiger partial charge in [-0.25, -0.2) is 9.59 Å². The normalized spacial score (nSPS) is 17.4. The first kappa shape index (κ1) is 19.9. The summed E-state index contributed by atoms with van der Waals surface area (Å²) in [6.07, 6.45) is 6.62. The van der Waals surface area contributed by atoms with Crippen molar-refractivity contribution in [1.29, 1.82) is 0 Å². The van der Waals surface area contributed by atoms with Gasteiger partial charge in [0.2, 0.25) is 5.91 Å². The van der Waals surface area contributed by atoms with E-state index in [1.807, 2.05) is 12.1 Å². The number of carbonyl (C=O) groups is 3. The van der Waals surface area contributed by atoms with E-state index < -0.39 is 0 Å². The second-order valence-electron chi connectivity index (χ2n) is 7.18. The zero-order valence-corrected chi connectivity index (χ0v) is 16.1. The zero-order chi connectivity index (χ0) is 19.9. The van der Waals surface area contributed by atoms with Crippen molar-refractivity contribution in [3.63, 3.8) is 0 Å². The number of esters is 1. The number of nitrogens with one attached hydrogen (secondary N) is 2. The maximum Gasteiger partial charge on any atom is 0.330 e. The summed E-state index contributed by atoms with van der Waals surface area (Å²) >= 11 is 0. The molecule has 1 aliphatic carbocycles. The van der Waals surface area contributed by atoms with Gasteiger partial charge in [-0.15, -0.1) is 0 Å². The number of piperidine rings is 1. The highest BCUT2D eigenvalue weighted by molar-refractivity contribution is 5.90. The molecule has 7 heteroatoms. The van der Waals surface area contributed by atoms with Gasteiger partial charge < -0.3 is 20.3 Å². The topological polar surface area (TPSA) is 87.7 Å². The van der Waals surface area contributed by atoms with E-state index in [2.05, 4.69) is 10.6 Å². The van der Waals surface area contributed by atoms with E-state index in [1.54, 1.807) is 30.0 Å². The van der Waals surface area contributed by atoms with Crippen LogP contribution in [0.3, 0.4) is 0 Å². The van der Waals surface area contributed by atoms with Crippen molar-refractivity contribution in [2.45, 2.75) is 38.6 Å². The molecule has 1 saturated heterocycles. The van der Waals surface area contributed by atoms with Crippen LogP contribution in [0.4, 0.5) is 10.5 Å². The molecule has 1 saturated carbocycles. The van der Waals surface area contributed by atoms with Gasteiger partial charge in [0.1, 0.15) is 0 Å². The Bertz CT molecular complexity index is 733. The summed E-state index contributed by atoms with van der Waals surface area (Å²) in [4.78, 5) is 37.4. The van der Waals surface area contributed by atoms with Crippen LogP contribution in [0.5, 0.6) is 0 Å². The number of urea groups is 1. The Morgan fingerprint density at radius 1 is 1.11 bits per heavy atom. The lowest BCUT2D eigenvalue weighted by atomic mass is 10.1. The van der Waals surface area contributed by atoms with E-state index in [0.717, 1.165) is 31.2 Å². The van der Waals surface area contributed by atoms with Crippen LogP contribution >= 0.6 is 0 Å². The zero-order valence-electron chi connectivity index (χ0n) is 16.1. The standard InChI is InChI=1S/C21H27N3O4/c1-2-28-19(25)10-5-15-3-8-17(9-4-15)23-21(27)24-13-11-18(12-14-24)22-20(26)16-6-7-16/h3-5,8-10,16,18H,2,6-7,11-14H2,1H3,(H,22,26)(H,23,27)/b10-5+. The molecule has 3 rings (SSSR count). The fraction of sp³-hybridized carbons (Fsp3) is 0.476. The molecule has 1 heterocycles. The third kappa shape index (κ3) is 5.84. The molecule has 150 valence electrons. The first-order valence-electron chi connectivity index (χ1n) is 9.86. The number of amides is 3. The Morgan fingerprint density at radius 2 is 1.79 bits per heavy atom. The maximum atomic E-state index is 12.4.